The van der Waals surface area contributed by atoms with E-state index in [-0.39, 0.29) is 22.6 Å². The first kappa shape index (κ1) is 23.8. The average molecular weight is 488 g/mol. The minimum Gasteiger partial charge on any atom is -0.494 e. The summed E-state index contributed by atoms with van der Waals surface area (Å²) in [7, 11) is -3.36. The minimum absolute atomic E-state index is 0.0234. The fraction of sp³-hybridized carbons (Fsp3) is 0.400. The van der Waals surface area contributed by atoms with E-state index in [0.29, 0.717) is 19.6 Å². The van der Waals surface area contributed by atoms with Crippen LogP contribution >= 0.6 is 11.6 Å². The highest BCUT2D eigenvalue weighted by molar-refractivity contribution is 7.91. The van der Waals surface area contributed by atoms with E-state index >= 15 is 0 Å². The molecule has 2 aromatic carbocycles. The van der Waals surface area contributed by atoms with Crippen LogP contribution in [0.4, 0.5) is 0 Å². The van der Waals surface area contributed by atoms with Crippen LogP contribution < -0.4 is 10.5 Å². The van der Waals surface area contributed by atoms with E-state index in [0.717, 1.165) is 30.0 Å². The molecule has 0 spiro atoms. The van der Waals surface area contributed by atoms with Crippen molar-refractivity contribution in [3.63, 3.8) is 0 Å². The molecule has 4 rings (SSSR count). The number of halogens is 1. The predicted molar refractivity (Wildman–Crippen MR) is 131 cm³/mol. The summed E-state index contributed by atoms with van der Waals surface area (Å²) in [4.78, 5) is 0.260. The van der Waals surface area contributed by atoms with Crippen LogP contribution in [-0.2, 0) is 29.2 Å². The molecule has 2 N–H and O–H groups in total. The van der Waals surface area contributed by atoms with Crippen LogP contribution in [-0.4, -0.2) is 36.6 Å². The highest BCUT2D eigenvalue weighted by Crippen LogP contribution is 2.36. The van der Waals surface area contributed by atoms with Gasteiger partial charge in [-0.15, -0.1) is 0 Å². The smallest absolute Gasteiger partial charge is 0.181 e. The number of nitrogens with zero attached hydrogens (tertiary/aromatic N) is 2. The number of benzene rings is 2. The van der Waals surface area contributed by atoms with Crippen molar-refractivity contribution in [2.24, 2.45) is 5.73 Å². The molecule has 0 saturated carbocycles. The Morgan fingerprint density at radius 3 is 2.85 bits per heavy atom. The lowest BCUT2D eigenvalue weighted by molar-refractivity contribution is 0.316. The van der Waals surface area contributed by atoms with Gasteiger partial charge in [0, 0.05) is 29.7 Å². The van der Waals surface area contributed by atoms with Crippen molar-refractivity contribution in [3.8, 4) is 5.75 Å². The lowest BCUT2D eigenvalue weighted by Crippen LogP contribution is -2.34. The number of aryl methyl sites for hydroxylation is 2. The van der Waals surface area contributed by atoms with E-state index in [1.165, 1.54) is 22.9 Å². The highest BCUT2D eigenvalue weighted by atomic mass is 35.5. The topological polar surface area (TPSA) is 87.2 Å². The van der Waals surface area contributed by atoms with Gasteiger partial charge in [-0.3, -0.25) is 4.68 Å². The third kappa shape index (κ3) is 5.78. The molecule has 3 aromatic rings. The second kappa shape index (κ2) is 10.3. The van der Waals surface area contributed by atoms with Gasteiger partial charge in [0.2, 0.25) is 0 Å². The van der Waals surface area contributed by atoms with Gasteiger partial charge in [0.1, 0.15) is 10.6 Å². The molecule has 1 aliphatic rings. The number of ether oxygens (including phenoxy) is 1. The van der Waals surface area contributed by atoms with Gasteiger partial charge in [0.05, 0.1) is 18.6 Å². The zero-order valence-electron chi connectivity index (χ0n) is 18.8. The molecule has 0 amide bonds. The zero-order valence-corrected chi connectivity index (χ0v) is 20.4. The molecule has 1 aromatic heterocycles. The van der Waals surface area contributed by atoms with Crippen LogP contribution in [0.1, 0.15) is 42.4 Å². The zero-order chi connectivity index (χ0) is 23.4. The van der Waals surface area contributed by atoms with Gasteiger partial charge in [-0.1, -0.05) is 29.8 Å². The molecule has 0 aliphatic heterocycles. The van der Waals surface area contributed by atoms with Crippen molar-refractivity contribution in [2.75, 3.05) is 12.4 Å². The maximum absolute atomic E-state index is 12.5. The first-order valence-electron chi connectivity index (χ1n) is 11.4. The van der Waals surface area contributed by atoms with Gasteiger partial charge in [-0.25, -0.2) is 8.42 Å². The normalized spacial score (nSPS) is 18.2. The molecular weight excluding hydrogens is 458 g/mol. The molecule has 0 radical (unpaired) electrons. The summed E-state index contributed by atoms with van der Waals surface area (Å²) in [6.07, 6.45) is 6.11. The van der Waals surface area contributed by atoms with Crippen LogP contribution in [0.2, 0.25) is 5.02 Å². The second-order valence-corrected chi connectivity index (χ2v) is 11.1. The Morgan fingerprint density at radius 2 is 2.09 bits per heavy atom. The van der Waals surface area contributed by atoms with Crippen molar-refractivity contribution in [1.29, 1.82) is 0 Å². The first-order valence-corrected chi connectivity index (χ1v) is 13.4. The number of nitrogens with two attached hydrogens (primary N) is 1. The van der Waals surface area contributed by atoms with E-state index in [1.807, 2.05) is 31.2 Å². The van der Waals surface area contributed by atoms with E-state index in [4.69, 9.17) is 22.1 Å². The second-order valence-electron chi connectivity index (χ2n) is 8.56. The molecule has 176 valence electrons. The molecule has 2 unspecified atom stereocenters. The quantitative estimate of drug-likeness (QED) is 0.452. The molecule has 0 fully saturated rings. The fourth-order valence-corrected chi connectivity index (χ4v) is 5.84. The molecule has 2 atom stereocenters. The fourth-order valence-electron chi connectivity index (χ4n) is 4.40. The lowest BCUT2D eigenvalue weighted by Gasteiger charge is -2.32. The summed E-state index contributed by atoms with van der Waals surface area (Å²) < 4.78 is 32.6. The average Bonchev–Trinajstić information content (AvgIpc) is 3.29. The number of aromatic nitrogens is 2. The van der Waals surface area contributed by atoms with Gasteiger partial charge < -0.3 is 10.5 Å². The van der Waals surface area contributed by atoms with Gasteiger partial charge >= 0.3 is 0 Å². The molecule has 1 heterocycles. The summed E-state index contributed by atoms with van der Waals surface area (Å²) in [6.45, 7) is 2.88. The maximum atomic E-state index is 12.5. The van der Waals surface area contributed by atoms with Crippen molar-refractivity contribution in [1.82, 2.24) is 9.78 Å². The summed E-state index contributed by atoms with van der Waals surface area (Å²) in [5, 5.41) is 4.78. The Labute approximate surface area is 200 Å². The molecular formula is C25H30ClN3O3S. The number of hydrogen-bond donors (Lipinski definition) is 1. The Hall–Kier alpha value is -2.35. The van der Waals surface area contributed by atoms with Gasteiger partial charge in [0.15, 0.2) is 9.84 Å². The van der Waals surface area contributed by atoms with E-state index in [1.54, 1.807) is 10.9 Å². The summed E-state index contributed by atoms with van der Waals surface area (Å²) in [6, 6.07) is 14.1. The number of hydrogen-bond acceptors (Lipinski definition) is 5. The van der Waals surface area contributed by atoms with Gasteiger partial charge in [0.25, 0.3) is 0 Å². The van der Waals surface area contributed by atoms with Crippen LogP contribution in [0.25, 0.3) is 0 Å². The van der Waals surface area contributed by atoms with E-state index in [2.05, 4.69) is 23.3 Å². The minimum atomic E-state index is -3.36. The van der Waals surface area contributed by atoms with Crippen LogP contribution in [0.15, 0.2) is 59.8 Å². The third-order valence-electron chi connectivity index (χ3n) is 6.24. The monoisotopic (exact) mass is 487 g/mol. The summed E-state index contributed by atoms with van der Waals surface area (Å²) >= 11 is 6.18. The maximum Gasteiger partial charge on any atom is 0.181 e. The summed E-state index contributed by atoms with van der Waals surface area (Å²) in [5.41, 5.74) is 10.2. The number of fused-ring (bicyclic) bond motifs is 1. The molecule has 8 heteroatoms. The Bertz CT molecular complexity index is 1210. The van der Waals surface area contributed by atoms with Gasteiger partial charge in [-0.2, -0.15) is 5.10 Å². The number of rotatable bonds is 9. The first-order chi connectivity index (χ1) is 15.9. The Morgan fingerprint density at radius 1 is 1.24 bits per heavy atom. The van der Waals surface area contributed by atoms with Crippen LogP contribution in [0, 0.1) is 0 Å². The molecule has 33 heavy (non-hydrogen) atoms. The van der Waals surface area contributed by atoms with Crippen LogP contribution in [0.5, 0.6) is 5.75 Å². The molecule has 6 nitrogen and oxygen atoms in total. The SMILES string of the molecule is CCn1cc(S(=O)(=O)CCCOc2ccc3c(c2)C(Cc2cccc(Cl)c2)C(N)CC3)cn1. The largest absolute Gasteiger partial charge is 0.494 e. The predicted octanol–water partition coefficient (Wildman–Crippen LogP) is 4.40. The van der Waals surface area contributed by atoms with E-state index in [9.17, 15) is 8.42 Å². The molecule has 1 aliphatic carbocycles. The van der Waals surface area contributed by atoms with Crippen molar-refractivity contribution >= 4 is 21.4 Å². The summed E-state index contributed by atoms with van der Waals surface area (Å²) in [5.74, 6) is 0.955. The highest BCUT2D eigenvalue weighted by Gasteiger charge is 2.28. The van der Waals surface area contributed by atoms with Crippen molar-refractivity contribution in [2.45, 2.75) is 56.0 Å². The number of sulfone groups is 1. The third-order valence-corrected chi connectivity index (χ3v) is 8.23. The van der Waals surface area contributed by atoms with Gasteiger partial charge in [-0.05, 0) is 73.6 Å². The van der Waals surface area contributed by atoms with Crippen molar-refractivity contribution in [3.05, 3.63) is 76.6 Å². The van der Waals surface area contributed by atoms with Crippen molar-refractivity contribution < 1.29 is 13.2 Å². The van der Waals surface area contributed by atoms with E-state index < -0.39 is 9.84 Å². The standard InChI is InChI=1S/C25H30ClN3O3S/c1-2-29-17-22(16-28-29)33(30,31)12-4-11-32-21-9-7-19-8-10-25(27)24(23(19)15-21)14-18-5-3-6-20(26)13-18/h3,5-7,9,13,15-17,24-25H,2,4,8,10-12,14,27H2,1H3. The molecule has 0 bridgehead atoms. The Balaban J connectivity index is 1.40. The Kier molecular flexibility index (Phi) is 7.41. The van der Waals surface area contributed by atoms with Crippen LogP contribution in [0.3, 0.4) is 0 Å². The lowest BCUT2D eigenvalue weighted by atomic mass is 9.76. The molecule has 0 saturated heterocycles.